The highest BCUT2D eigenvalue weighted by molar-refractivity contribution is 8.28. The summed E-state index contributed by atoms with van der Waals surface area (Å²) in [5.74, 6) is -0.506. The molecule has 4 N–H and O–H groups in total. The van der Waals surface area contributed by atoms with E-state index in [4.69, 9.17) is 4.74 Å². The van der Waals surface area contributed by atoms with Gasteiger partial charge in [0.2, 0.25) is 5.17 Å². The third kappa shape index (κ3) is 3.27. The van der Waals surface area contributed by atoms with Crippen LogP contribution in [-0.2, 0) is 14.9 Å². The van der Waals surface area contributed by atoms with Gasteiger partial charge in [-0.05, 0) is 36.0 Å². The summed E-state index contributed by atoms with van der Waals surface area (Å²) in [6.45, 7) is -0.815. The second-order valence-corrected chi connectivity index (χ2v) is 9.05. The predicted molar refractivity (Wildman–Crippen MR) is 99.7 cm³/mol. The number of rotatable bonds is 3. The molecule has 15 heteroatoms. The van der Waals surface area contributed by atoms with E-state index < -0.39 is 59.3 Å². The highest BCUT2D eigenvalue weighted by atomic mass is 32.2. The van der Waals surface area contributed by atoms with Crippen LogP contribution in [0, 0.1) is 5.82 Å². The smallest absolute Gasteiger partial charge is 0.363 e. The van der Waals surface area contributed by atoms with Crippen LogP contribution in [0.15, 0.2) is 34.4 Å². The Labute approximate surface area is 173 Å². The molecule has 3 aliphatic heterocycles. The lowest BCUT2D eigenvalue weighted by Crippen LogP contribution is -2.66. The van der Waals surface area contributed by atoms with Crippen LogP contribution in [0.4, 0.5) is 9.18 Å². The van der Waals surface area contributed by atoms with Gasteiger partial charge in [0.1, 0.15) is 35.3 Å². The number of aliphatic hydroxyl groups is 4. The van der Waals surface area contributed by atoms with Crippen molar-refractivity contribution < 1.29 is 42.8 Å². The van der Waals surface area contributed by atoms with Gasteiger partial charge in [-0.25, -0.2) is 9.18 Å². The number of amidine groups is 1. The second-order valence-electron chi connectivity index (χ2n) is 6.46. The summed E-state index contributed by atoms with van der Waals surface area (Å²) in [6, 6.07) is 3.71. The Morgan fingerprint density at radius 2 is 1.80 bits per heavy atom. The van der Waals surface area contributed by atoms with E-state index in [0.29, 0.717) is 9.98 Å². The minimum absolute atomic E-state index is 0.0799. The number of halogens is 1. The molecule has 0 spiro atoms. The largest absolute Gasteiger partial charge is 0.394 e. The van der Waals surface area contributed by atoms with Gasteiger partial charge in [0.05, 0.1) is 6.61 Å². The minimum atomic E-state index is -4.76. The van der Waals surface area contributed by atoms with Crippen molar-refractivity contribution in [3.8, 4) is 0 Å². The van der Waals surface area contributed by atoms with Gasteiger partial charge < -0.3 is 25.2 Å². The Balaban J connectivity index is 1.70. The zero-order chi connectivity index (χ0) is 21.8. The molecule has 0 bridgehead atoms. The van der Waals surface area contributed by atoms with Crippen LogP contribution in [0.2, 0.25) is 0 Å². The third-order valence-electron chi connectivity index (χ3n) is 4.57. The number of benzene rings is 1. The van der Waals surface area contributed by atoms with Crippen molar-refractivity contribution in [2.45, 2.75) is 30.6 Å². The van der Waals surface area contributed by atoms with E-state index in [2.05, 4.69) is 10.1 Å². The summed E-state index contributed by atoms with van der Waals surface area (Å²) in [5.41, 5.74) is 0.375. The van der Waals surface area contributed by atoms with Crippen molar-refractivity contribution in [1.82, 2.24) is 8.72 Å². The van der Waals surface area contributed by atoms with Gasteiger partial charge >= 0.3 is 16.2 Å². The molecule has 3 heterocycles. The normalized spacial score (nSPS) is 33.2. The van der Waals surface area contributed by atoms with Crippen LogP contribution in [-0.4, -0.2) is 91.1 Å². The first-order valence-electron chi connectivity index (χ1n) is 8.45. The fourth-order valence-electron chi connectivity index (χ4n) is 3.03. The zero-order valence-electron chi connectivity index (χ0n) is 14.8. The summed E-state index contributed by atoms with van der Waals surface area (Å²) in [7, 11) is -4.76. The summed E-state index contributed by atoms with van der Waals surface area (Å²) in [5, 5.41) is 43.0. The van der Waals surface area contributed by atoms with Gasteiger partial charge in [0, 0.05) is 5.56 Å². The summed E-state index contributed by atoms with van der Waals surface area (Å²) in [6.07, 6.45) is -9.07. The van der Waals surface area contributed by atoms with Crippen molar-refractivity contribution in [3.05, 3.63) is 35.6 Å². The monoisotopic (exact) mass is 462 g/mol. The molecule has 5 atom stereocenters. The summed E-state index contributed by atoms with van der Waals surface area (Å²) < 4.78 is 44.9. The van der Waals surface area contributed by atoms with Crippen molar-refractivity contribution in [2.24, 2.45) is 10.1 Å². The first kappa shape index (κ1) is 21.1. The van der Waals surface area contributed by atoms with Gasteiger partial charge in [-0.3, -0.25) is 0 Å². The Bertz CT molecular complexity index is 1030. The maximum Gasteiger partial charge on any atom is 0.363 e. The van der Waals surface area contributed by atoms with Gasteiger partial charge in [0.15, 0.2) is 6.23 Å². The fraction of sp³-hybridized carbons (Fsp3) is 0.400. The number of hydrazone groups is 1. The molecule has 0 aliphatic carbocycles. The number of amides is 2. The molecule has 162 valence electrons. The molecular weight excluding hydrogens is 447 g/mol. The van der Waals surface area contributed by atoms with Crippen LogP contribution in [0.5, 0.6) is 0 Å². The maximum atomic E-state index is 13.1. The van der Waals surface area contributed by atoms with Gasteiger partial charge in [-0.2, -0.15) is 17.7 Å². The van der Waals surface area contributed by atoms with E-state index in [0.717, 1.165) is 23.9 Å². The molecule has 1 fully saturated rings. The third-order valence-corrected chi connectivity index (χ3v) is 7.20. The predicted octanol–water partition coefficient (Wildman–Crippen LogP) is -1.63. The molecule has 1 saturated heterocycles. The number of hydrogen-bond acceptors (Lipinski definition) is 10. The lowest BCUT2D eigenvalue weighted by Gasteiger charge is -2.44. The lowest BCUT2D eigenvalue weighted by molar-refractivity contribution is -0.247. The SMILES string of the molecule is O=C1N=C2SC(c3ccc(F)cc3)=NN2S(=O)(=O)N1[C@@H]1O[C@H](CO)[C@@H](O)[C@H](O)[C@H]1O. The molecular formula is C15H15FN4O8S2. The van der Waals surface area contributed by atoms with Gasteiger partial charge in [-0.15, -0.1) is 9.52 Å². The van der Waals surface area contributed by atoms with E-state index in [9.17, 15) is 38.0 Å². The molecule has 0 saturated carbocycles. The van der Waals surface area contributed by atoms with E-state index in [1.54, 1.807) is 0 Å². The Hall–Kier alpha value is -2.14. The highest BCUT2D eigenvalue weighted by Gasteiger charge is 2.55. The number of hydrogen-bond donors (Lipinski definition) is 4. The fourth-order valence-corrected chi connectivity index (χ4v) is 5.53. The van der Waals surface area contributed by atoms with Crippen molar-refractivity contribution in [2.75, 3.05) is 6.61 Å². The molecule has 1 aromatic rings. The zero-order valence-corrected chi connectivity index (χ0v) is 16.4. The summed E-state index contributed by atoms with van der Waals surface area (Å²) >= 11 is 0.759. The molecule has 30 heavy (non-hydrogen) atoms. The number of urea groups is 1. The summed E-state index contributed by atoms with van der Waals surface area (Å²) in [4.78, 5) is 16.1. The standard InChI is InChI=1S/C15H15FN4O8S2/c16-7-3-1-6(2-4-7)12-18-20-15(29-12)17-14(25)19(30(20,26)27)13-11(24)10(23)9(22)8(5-21)28-13/h1-4,8-11,13,21-24H,5H2/t8-,9-,10+,11-,13-/m1/s1. The molecule has 4 rings (SSSR count). The number of aliphatic hydroxyl groups excluding tert-OH is 4. The molecule has 2 amide bonds. The highest BCUT2D eigenvalue weighted by Crippen LogP contribution is 2.35. The molecule has 12 nitrogen and oxygen atoms in total. The van der Waals surface area contributed by atoms with Crippen LogP contribution < -0.4 is 0 Å². The molecule has 0 unspecified atom stereocenters. The number of fused-ring (bicyclic) bond motifs is 1. The van der Waals surface area contributed by atoms with Crippen molar-refractivity contribution >= 4 is 38.2 Å². The Kier molecular flexibility index (Phi) is 5.29. The van der Waals surface area contributed by atoms with Crippen LogP contribution in [0.3, 0.4) is 0 Å². The van der Waals surface area contributed by atoms with Crippen LogP contribution in [0.1, 0.15) is 5.56 Å². The van der Waals surface area contributed by atoms with Crippen LogP contribution in [0.25, 0.3) is 0 Å². The average Bonchev–Trinajstić information content (AvgIpc) is 3.13. The quantitative estimate of drug-likeness (QED) is 0.411. The number of ether oxygens (including phenoxy) is 1. The van der Waals surface area contributed by atoms with Crippen LogP contribution >= 0.6 is 11.8 Å². The first-order valence-corrected chi connectivity index (χ1v) is 10.7. The van der Waals surface area contributed by atoms with Crippen molar-refractivity contribution in [1.29, 1.82) is 0 Å². The maximum absolute atomic E-state index is 13.1. The van der Waals surface area contributed by atoms with Crippen molar-refractivity contribution in [3.63, 3.8) is 0 Å². The topological polar surface area (TPSA) is 173 Å². The number of thioether (sulfide) groups is 1. The number of aliphatic imine (C=N–C) groups is 1. The number of nitrogens with zero attached hydrogens (tertiary/aromatic N) is 4. The number of carbonyl (C=O) groups excluding carboxylic acids is 1. The molecule has 1 aromatic carbocycles. The van der Waals surface area contributed by atoms with E-state index in [-0.39, 0.29) is 14.5 Å². The molecule has 0 aromatic heterocycles. The van der Waals surface area contributed by atoms with E-state index in [1.165, 1.54) is 12.1 Å². The first-order chi connectivity index (χ1) is 14.1. The molecule has 3 aliphatic rings. The van der Waals surface area contributed by atoms with E-state index in [1.807, 2.05) is 0 Å². The Morgan fingerprint density at radius 3 is 2.43 bits per heavy atom. The van der Waals surface area contributed by atoms with Gasteiger partial charge in [0.25, 0.3) is 0 Å². The average molecular weight is 462 g/mol. The lowest BCUT2D eigenvalue weighted by atomic mass is 9.98. The van der Waals surface area contributed by atoms with Gasteiger partial charge in [-0.1, -0.05) is 0 Å². The minimum Gasteiger partial charge on any atom is -0.394 e. The number of carbonyl (C=O) groups is 1. The molecule has 0 radical (unpaired) electrons. The van der Waals surface area contributed by atoms with E-state index >= 15 is 0 Å². The second kappa shape index (κ2) is 7.52. The Morgan fingerprint density at radius 1 is 1.13 bits per heavy atom.